The molecule has 90 valence electrons. The van der Waals surface area contributed by atoms with Crippen LogP contribution in [0.1, 0.15) is 12.5 Å². The van der Waals surface area contributed by atoms with Gasteiger partial charge in [-0.2, -0.15) is 0 Å². The highest BCUT2D eigenvalue weighted by atomic mass is 35.5. The molecule has 0 amide bonds. The molecule has 0 saturated heterocycles. The fourth-order valence-electron chi connectivity index (χ4n) is 1.26. The summed E-state index contributed by atoms with van der Waals surface area (Å²) >= 11 is 5.86. The largest absolute Gasteiger partial charge is 0.392 e. The van der Waals surface area contributed by atoms with E-state index in [1.807, 2.05) is 18.9 Å². The minimum atomic E-state index is -0.0757. The van der Waals surface area contributed by atoms with E-state index in [9.17, 15) is 0 Å². The number of likely N-dealkylation sites (N-methyl/N-ethyl adjacent to an activating group) is 1. The van der Waals surface area contributed by atoms with Crippen molar-refractivity contribution in [2.24, 2.45) is 0 Å². The van der Waals surface area contributed by atoms with Gasteiger partial charge >= 0.3 is 0 Å². The number of aliphatic hydroxyl groups excluding tert-OH is 1. The Balaban J connectivity index is 2.64. The van der Waals surface area contributed by atoms with Crippen LogP contribution in [0.4, 0.5) is 5.82 Å². The van der Waals surface area contributed by atoms with E-state index in [-0.39, 0.29) is 6.61 Å². The van der Waals surface area contributed by atoms with Crippen LogP contribution in [0.25, 0.3) is 0 Å². The third-order valence-electron chi connectivity index (χ3n) is 2.26. The highest BCUT2D eigenvalue weighted by Crippen LogP contribution is 2.19. The molecule has 0 aliphatic rings. The maximum Gasteiger partial charge on any atom is 0.128 e. The van der Waals surface area contributed by atoms with Gasteiger partial charge in [-0.1, -0.05) is 11.6 Å². The molecule has 4 nitrogen and oxygen atoms in total. The zero-order chi connectivity index (χ0) is 12.0. The van der Waals surface area contributed by atoms with E-state index in [1.54, 1.807) is 12.3 Å². The summed E-state index contributed by atoms with van der Waals surface area (Å²) in [5.74, 6) is 0.785. The Kier molecular flexibility index (Phi) is 5.52. The average Bonchev–Trinajstić information content (AvgIpc) is 2.30. The van der Waals surface area contributed by atoms with Crippen molar-refractivity contribution >= 4 is 17.4 Å². The maximum atomic E-state index is 9.08. The molecule has 1 aromatic heterocycles. The Bertz CT molecular complexity index is 334. The number of halogens is 1. The van der Waals surface area contributed by atoms with Crippen molar-refractivity contribution in [2.45, 2.75) is 13.5 Å². The van der Waals surface area contributed by atoms with Crippen LogP contribution in [-0.2, 0) is 11.3 Å². The van der Waals surface area contributed by atoms with Crippen LogP contribution in [-0.4, -0.2) is 36.9 Å². The molecule has 0 saturated carbocycles. The molecule has 0 fully saturated rings. The summed E-state index contributed by atoms with van der Waals surface area (Å²) in [5, 5.41) is 9.57. The lowest BCUT2D eigenvalue weighted by Crippen LogP contribution is -2.23. The van der Waals surface area contributed by atoms with Crippen LogP contribution >= 0.6 is 11.6 Å². The molecular weight excluding hydrogens is 228 g/mol. The second-order valence-electron chi connectivity index (χ2n) is 3.41. The monoisotopic (exact) mass is 244 g/mol. The number of aliphatic hydroxyl groups is 1. The molecule has 1 aromatic rings. The molecule has 16 heavy (non-hydrogen) atoms. The Morgan fingerprint density at radius 3 is 2.94 bits per heavy atom. The smallest absolute Gasteiger partial charge is 0.128 e. The van der Waals surface area contributed by atoms with Crippen LogP contribution in [0.3, 0.4) is 0 Å². The van der Waals surface area contributed by atoms with Crippen molar-refractivity contribution < 1.29 is 9.84 Å². The van der Waals surface area contributed by atoms with Crippen molar-refractivity contribution in [3.05, 3.63) is 22.8 Å². The summed E-state index contributed by atoms with van der Waals surface area (Å²) in [6.45, 7) is 4.01. The number of aromatic nitrogens is 1. The van der Waals surface area contributed by atoms with E-state index >= 15 is 0 Å². The zero-order valence-electron chi connectivity index (χ0n) is 9.61. The van der Waals surface area contributed by atoms with Crippen molar-refractivity contribution in [2.75, 3.05) is 31.7 Å². The molecule has 0 spiro atoms. The molecule has 0 aliphatic carbocycles. The fraction of sp³-hybridized carbons (Fsp3) is 0.545. The van der Waals surface area contributed by atoms with E-state index in [0.29, 0.717) is 23.8 Å². The fourth-order valence-corrected chi connectivity index (χ4v) is 1.42. The summed E-state index contributed by atoms with van der Waals surface area (Å²) in [7, 11) is 1.93. The van der Waals surface area contributed by atoms with E-state index < -0.39 is 0 Å². The van der Waals surface area contributed by atoms with Crippen LogP contribution < -0.4 is 4.90 Å². The zero-order valence-corrected chi connectivity index (χ0v) is 10.4. The summed E-state index contributed by atoms with van der Waals surface area (Å²) in [6.07, 6.45) is 1.56. The van der Waals surface area contributed by atoms with Crippen LogP contribution in [0.2, 0.25) is 5.02 Å². The third-order valence-corrected chi connectivity index (χ3v) is 2.60. The summed E-state index contributed by atoms with van der Waals surface area (Å²) in [5.41, 5.74) is 0.690. The van der Waals surface area contributed by atoms with E-state index in [2.05, 4.69) is 4.98 Å². The van der Waals surface area contributed by atoms with E-state index in [0.717, 1.165) is 12.4 Å². The lowest BCUT2D eigenvalue weighted by Gasteiger charge is -2.18. The number of nitrogens with zero attached hydrogens (tertiary/aromatic N) is 2. The Hall–Kier alpha value is -0.840. The molecule has 0 atom stereocenters. The molecular formula is C11H17ClN2O2. The molecule has 0 radical (unpaired) electrons. The van der Waals surface area contributed by atoms with E-state index in [1.165, 1.54) is 0 Å². The number of pyridine rings is 1. The second-order valence-corrected chi connectivity index (χ2v) is 3.82. The van der Waals surface area contributed by atoms with Crippen molar-refractivity contribution in [1.82, 2.24) is 4.98 Å². The van der Waals surface area contributed by atoms with Crippen LogP contribution in [0, 0.1) is 0 Å². The van der Waals surface area contributed by atoms with Crippen molar-refractivity contribution in [3.63, 3.8) is 0 Å². The minimum Gasteiger partial charge on any atom is -0.392 e. The normalized spacial score (nSPS) is 10.5. The molecule has 1 rings (SSSR count). The van der Waals surface area contributed by atoms with Gasteiger partial charge in [-0.15, -0.1) is 0 Å². The molecule has 0 bridgehead atoms. The Morgan fingerprint density at radius 1 is 1.56 bits per heavy atom. The number of rotatable bonds is 6. The topological polar surface area (TPSA) is 45.6 Å². The lowest BCUT2D eigenvalue weighted by atomic mass is 10.2. The Labute approximate surface area is 101 Å². The SMILES string of the molecule is CCOCCN(C)c1cc(CO)c(Cl)cn1. The quantitative estimate of drug-likeness (QED) is 0.774. The highest BCUT2D eigenvalue weighted by molar-refractivity contribution is 6.31. The second kappa shape index (κ2) is 6.68. The number of anilines is 1. The predicted molar refractivity (Wildman–Crippen MR) is 64.9 cm³/mol. The third kappa shape index (κ3) is 3.63. The first-order valence-corrected chi connectivity index (χ1v) is 5.61. The molecule has 1 heterocycles. The molecule has 0 aliphatic heterocycles. The first kappa shape index (κ1) is 13.2. The highest BCUT2D eigenvalue weighted by Gasteiger charge is 2.06. The van der Waals surface area contributed by atoms with Gasteiger partial charge in [0.25, 0.3) is 0 Å². The van der Waals surface area contributed by atoms with Gasteiger partial charge in [0, 0.05) is 32.0 Å². The Morgan fingerprint density at radius 2 is 2.31 bits per heavy atom. The van der Waals surface area contributed by atoms with Crippen molar-refractivity contribution in [1.29, 1.82) is 0 Å². The van der Waals surface area contributed by atoms with Crippen molar-refractivity contribution in [3.8, 4) is 0 Å². The van der Waals surface area contributed by atoms with Gasteiger partial charge in [-0.05, 0) is 13.0 Å². The van der Waals surface area contributed by atoms with Gasteiger partial charge in [0.1, 0.15) is 5.82 Å². The summed E-state index contributed by atoms with van der Waals surface area (Å²) in [4.78, 5) is 6.16. The first-order chi connectivity index (χ1) is 7.69. The minimum absolute atomic E-state index is 0.0757. The van der Waals surface area contributed by atoms with Gasteiger partial charge in [0.05, 0.1) is 18.2 Å². The lowest BCUT2D eigenvalue weighted by molar-refractivity contribution is 0.154. The van der Waals surface area contributed by atoms with Gasteiger partial charge in [0.15, 0.2) is 0 Å². The summed E-state index contributed by atoms with van der Waals surface area (Å²) in [6, 6.07) is 1.79. The van der Waals surface area contributed by atoms with Gasteiger partial charge in [-0.3, -0.25) is 0 Å². The molecule has 1 N–H and O–H groups in total. The van der Waals surface area contributed by atoms with Gasteiger partial charge < -0.3 is 14.7 Å². The molecule has 0 aromatic carbocycles. The number of ether oxygens (including phenoxy) is 1. The average molecular weight is 245 g/mol. The number of hydrogen-bond donors (Lipinski definition) is 1. The summed E-state index contributed by atoms with van der Waals surface area (Å²) < 4.78 is 5.26. The van der Waals surface area contributed by atoms with Crippen LogP contribution in [0.5, 0.6) is 0 Å². The first-order valence-electron chi connectivity index (χ1n) is 5.23. The molecule has 5 heteroatoms. The van der Waals surface area contributed by atoms with Crippen LogP contribution in [0.15, 0.2) is 12.3 Å². The van der Waals surface area contributed by atoms with Gasteiger partial charge in [0.2, 0.25) is 0 Å². The van der Waals surface area contributed by atoms with Gasteiger partial charge in [-0.25, -0.2) is 4.98 Å². The predicted octanol–water partition coefficient (Wildman–Crippen LogP) is 1.70. The molecule has 0 unspecified atom stereocenters. The number of hydrogen-bond acceptors (Lipinski definition) is 4. The standard InChI is InChI=1S/C11H17ClN2O2/c1-3-16-5-4-14(2)11-6-9(8-15)10(12)7-13-11/h6-7,15H,3-5,8H2,1-2H3. The maximum absolute atomic E-state index is 9.08. The van der Waals surface area contributed by atoms with E-state index in [4.69, 9.17) is 21.4 Å².